The number of benzene rings is 2. The number of pyridine rings is 1. The third-order valence-electron chi connectivity index (χ3n) is 8.02. The number of aromatic nitrogens is 1. The molecule has 8 heteroatoms. The Balaban J connectivity index is 1.09. The number of likely N-dealkylation sites (tertiary alicyclic amines) is 1. The van der Waals surface area contributed by atoms with Crippen molar-refractivity contribution >= 4 is 22.5 Å². The Bertz CT molecular complexity index is 1380. The van der Waals surface area contributed by atoms with Gasteiger partial charge in [-0.15, -0.1) is 0 Å². The first kappa shape index (κ1) is 23.7. The Morgan fingerprint density at radius 2 is 2.16 bits per heavy atom. The van der Waals surface area contributed by atoms with Crippen molar-refractivity contribution in [1.29, 1.82) is 5.26 Å². The number of nitriles is 1. The Kier molecular flexibility index (Phi) is 6.41. The quantitative estimate of drug-likeness (QED) is 0.514. The molecule has 1 aromatic heterocycles. The number of rotatable bonds is 7. The molecule has 1 saturated carbocycles. The number of hydrogen-bond acceptors (Lipinski definition) is 7. The fraction of sp³-hybridized carbons (Fsp3) is 0.414. The van der Waals surface area contributed by atoms with E-state index in [9.17, 15) is 10.1 Å². The molecule has 2 fully saturated rings. The summed E-state index contributed by atoms with van der Waals surface area (Å²) >= 11 is 0. The number of nitrogens with one attached hydrogen (secondary N) is 2. The predicted octanol–water partition coefficient (Wildman–Crippen LogP) is 3.63. The van der Waals surface area contributed by atoms with Crippen molar-refractivity contribution in [2.45, 2.75) is 44.3 Å². The summed E-state index contributed by atoms with van der Waals surface area (Å²) in [5, 5.41) is 17.4. The highest BCUT2D eigenvalue weighted by atomic mass is 16.5. The van der Waals surface area contributed by atoms with E-state index in [1.165, 1.54) is 12.8 Å². The largest absolute Gasteiger partial charge is 0.497 e. The topological polar surface area (TPSA) is 99.5 Å². The maximum atomic E-state index is 11.6. The van der Waals surface area contributed by atoms with Crippen molar-refractivity contribution in [3.63, 3.8) is 0 Å². The van der Waals surface area contributed by atoms with Crippen LogP contribution >= 0.6 is 0 Å². The van der Waals surface area contributed by atoms with Gasteiger partial charge in [-0.2, -0.15) is 5.26 Å². The van der Waals surface area contributed by atoms with Crippen LogP contribution in [-0.2, 0) is 17.8 Å². The van der Waals surface area contributed by atoms with Gasteiger partial charge in [-0.25, -0.2) is 0 Å². The van der Waals surface area contributed by atoms with Crippen molar-refractivity contribution in [2.24, 2.45) is 5.92 Å². The minimum Gasteiger partial charge on any atom is -0.497 e. The van der Waals surface area contributed by atoms with Crippen LogP contribution in [0.1, 0.15) is 36.0 Å². The third kappa shape index (κ3) is 4.85. The zero-order valence-corrected chi connectivity index (χ0v) is 21.0. The van der Waals surface area contributed by atoms with E-state index in [0.717, 1.165) is 71.7 Å². The molecule has 3 unspecified atom stereocenters. The number of nitrogens with zero attached hydrogens (tertiary/aromatic N) is 3. The summed E-state index contributed by atoms with van der Waals surface area (Å²) in [6.45, 7) is 2.89. The van der Waals surface area contributed by atoms with Crippen LogP contribution in [0, 0.1) is 17.2 Å². The van der Waals surface area contributed by atoms with Crippen molar-refractivity contribution in [3.8, 4) is 17.6 Å². The standard InChI is InChI=1S/C29H31N5O3/c1-36-23-3-4-26-25(12-23)24(20(13-30)15-32-26)6-7-34-16-19-8-21(11-22(34)9-19)31-14-18-2-5-28-27(10-18)33-29(35)17-37-28/h2-5,10,12,15,19,21-22,31H,6-9,11,14,16-17H2,1H3,(H,33,35). The monoisotopic (exact) mass is 497 g/mol. The zero-order chi connectivity index (χ0) is 25.4. The maximum Gasteiger partial charge on any atom is 0.262 e. The number of amides is 1. The van der Waals surface area contributed by atoms with Crippen LogP contribution in [0.5, 0.6) is 11.5 Å². The molecule has 1 saturated heterocycles. The molecule has 3 atom stereocenters. The third-order valence-corrected chi connectivity index (χ3v) is 8.02. The Hall–Kier alpha value is -3.67. The molecule has 3 aromatic rings. The highest BCUT2D eigenvalue weighted by Crippen LogP contribution is 2.36. The van der Waals surface area contributed by atoms with Crippen LogP contribution in [0.4, 0.5) is 5.69 Å². The summed E-state index contributed by atoms with van der Waals surface area (Å²) in [6, 6.07) is 15.2. The summed E-state index contributed by atoms with van der Waals surface area (Å²) in [6.07, 6.45) is 6.06. The average Bonchev–Trinajstić information content (AvgIpc) is 3.21. The van der Waals surface area contributed by atoms with E-state index >= 15 is 0 Å². The minimum absolute atomic E-state index is 0.0787. The first-order chi connectivity index (χ1) is 18.1. The lowest BCUT2D eigenvalue weighted by atomic mass is 9.86. The molecule has 2 N–H and O–H groups in total. The smallest absolute Gasteiger partial charge is 0.262 e. The number of ether oxygens (including phenoxy) is 2. The molecular formula is C29H31N5O3. The van der Waals surface area contributed by atoms with Crippen LogP contribution in [-0.4, -0.2) is 54.7 Å². The second-order valence-corrected chi connectivity index (χ2v) is 10.4. The summed E-state index contributed by atoms with van der Waals surface area (Å²) in [4.78, 5) is 18.7. The van der Waals surface area contributed by atoms with Crippen LogP contribution < -0.4 is 20.1 Å². The van der Waals surface area contributed by atoms with E-state index in [1.807, 2.05) is 30.3 Å². The lowest BCUT2D eigenvalue weighted by Crippen LogP contribution is -2.39. The van der Waals surface area contributed by atoms with E-state index < -0.39 is 0 Å². The van der Waals surface area contributed by atoms with Crippen LogP contribution in [0.3, 0.4) is 0 Å². The molecule has 2 aromatic carbocycles. The van der Waals surface area contributed by atoms with E-state index in [4.69, 9.17) is 9.47 Å². The molecule has 1 amide bonds. The van der Waals surface area contributed by atoms with Gasteiger partial charge in [-0.3, -0.25) is 14.7 Å². The Morgan fingerprint density at radius 3 is 3.03 bits per heavy atom. The summed E-state index contributed by atoms with van der Waals surface area (Å²) in [7, 11) is 1.66. The van der Waals surface area contributed by atoms with E-state index in [1.54, 1.807) is 13.3 Å². The molecule has 3 heterocycles. The number of hydrogen-bond donors (Lipinski definition) is 2. The number of carbonyl (C=O) groups excluding carboxylic acids is 1. The Labute approximate surface area is 216 Å². The number of fused-ring (bicyclic) bond motifs is 4. The fourth-order valence-electron chi connectivity index (χ4n) is 6.25. The lowest BCUT2D eigenvalue weighted by molar-refractivity contribution is -0.118. The SMILES string of the molecule is COc1ccc2ncc(C#N)c(CCN3CC4CC(NCc5ccc6c(c5)NC(=O)CO6)CC3C4)c2c1. The van der Waals surface area contributed by atoms with Gasteiger partial charge in [0, 0.05) is 43.3 Å². The highest BCUT2D eigenvalue weighted by Gasteiger charge is 2.39. The predicted molar refractivity (Wildman–Crippen MR) is 141 cm³/mol. The molecule has 37 heavy (non-hydrogen) atoms. The molecular weight excluding hydrogens is 466 g/mol. The van der Waals surface area contributed by atoms with E-state index in [2.05, 4.69) is 32.7 Å². The maximum absolute atomic E-state index is 11.6. The van der Waals surface area contributed by atoms with Gasteiger partial charge in [-0.1, -0.05) is 6.07 Å². The normalized spacial score (nSPS) is 22.7. The highest BCUT2D eigenvalue weighted by molar-refractivity contribution is 5.95. The fourth-order valence-corrected chi connectivity index (χ4v) is 6.25. The second kappa shape index (κ2) is 10.0. The van der Waals surface area contributed by atoms with Gasteiger partial charge in [-0.05, 0) is 73.1 Å². The van der Waals surface area contributed by atoms with Gasteiger partial charge in [0.05, 0.1) is 23.9 Å². The lowest BCUT2D eigenvalue weighted by Gasteiger charge is -2.30. The molecule has 2 bridgehead atoms. The number of anilines is 1. The van der Waals surface area contributed by atoms with Crippen molar-refractivity contribution < 1.29 is 14.3 Å². The summed E-state index contributed by atoms with van der Waals surface area (Å²) in [5.41, 5.74) is 4.50. The van der Waals surface area contributed by atoms with Crippen LogP contribution in [0.25, 0.3) is 10.9 Å². The minimum atomic E-state index is -0.109. The van der Waals surface area contributed by atoms with Crippen molar-refractivity contribution in [3.05, 3.63) is 59.3 Å². The molecule has 3 aliphatic rings. The first-order valence-corrected chi connectivity index (χ1v) is 13.0. The van der Waals surface area contributed by atoms with Gasteiger partial charge in [0.1, 0.15) is 17.6 Å². The molecule has 8 nitrogen and oxygen atoms in total. The number of methoxy groups -OCH3 is 1. The van der Waals surface area contributed by atoms with Gasteiger partial charge in [0.2, 0.25) is 0 Å². The molecule has 190 valence electrons. The van der Waals surface area contributed by atoms with Gasteiger partial charge in [0.25, 0.3) is 5.91 Å². The summed E-state index contributed by atoms with van der Waals surface area (Å²) < 4.78 is 10.9. The summed E-state index contributed by atoms with van der Waals surface area (Å²) in [5.74, 6) is 2.10. The second-order valence-electron chi connectivity index (χ2n) is 10.4. The first-order valence-electron chi connectivity index (χ1n) is 13.0. The van der Waals surface area contributed by atoms with Gasteiger partial charge >= 0.3 is 0 Å². The molecule has 6 rings (SSSR count). The van der Waals surface area contributed by atoms with Crippen molar-refractivity contribution in [2.75, 3.05) is 32.1 Å². The van der Waals surface area contributed by atoms with Crippen molar-refractivity contribution in [1.82, 2.24) is 15.2 Å². The Morgan fingerprint density at radius 1 is 1.24 bits per heavy atom. The molecule has 0 spiro atoms. The van der Waals surface area contributed by atoms with Gasteiger partial charge < -0.3 is 20.1 Å². The average molecular weight is 498 g/mol. The molecule has 0 radical (unpaired) electrons. The van der Waals surface area contributed by atoms with Crippen LogP contribution in [0.2, 0.25) is 0 Å². The number of carbonyl (C=O) groups is 1. The van der Waals surface area contributed by atoms with E-state index in [0.29, 0.717) is 23.6 Å². The van der Waals surface area contributed by atoms with Gasteiger partial charge in [0.15, 0.2) is 6.61 Å². The van der Waals surface area contributed by atoms with Crippen LogP contribution in [0.15, 0.2) is 42.6 Å². The van der Waals surface area contributed by atoms with E-state index in [-0.39, 0.29) is 12.5 Å². The zero-order valence-electron chi connectivity index (χ0n) is 21.0. The molecule has 2 aliphatic heterocycles. The molecule has 1 aliphatic carbocycles.